The van der Waals surface area contributed by atoms with Gasteiger partial charge >= 0.3 is 0 Å². The molecule has 0 fully saturated rings. The minimum Gasteiger partial charge on any atom is -0.395 e. The first-order valence-corrected chi connectivity index (χ1v) is 4.47. The van der Waals surface area contributed by atoms with Crippen molar-refractivity contribution in [1.82, 2.24) is 5.32 Å². The Morgan fingerprint density at radius 3 is 1.50 bits per heavy atom. The maximum absolute atomic E-state index is 8.31. The highest BCUT2D eigenvalue weighted by Crippen LogP contribution is 1.91. The molecule has 0 aliphatic rings. The predicted molar refractivity (Wildman–Crippen MR) is 53.8 cm³/mol. The van der Waals surface area contributed by atoms with E-state index in [1.165, 1.54) is 0 Å². The molecule has 7 N–H and O–H groups in total. The highest BCUT2D eigenvalue weighted by molar-refractivity contribution is 4.74. The van der Waals surface area contributed by atoms with Gasteiger partial charge < -0.3 is 31.5 Å². The highest BCUT2D eigenvalue weighted by atomic mass is 16.3. The van der Waals surface area contributed by atoms with Gasteiger partial charge in [0.05, 0.1) is 32.0 Å². The van der Waals surface area contributed by atoms with Gasteiger partial charge in [-0.15, -0.1) is 0 Å². The molecule has 0 saturated heterocycles. The molecule has 0 aliphatic heterocycles. The third kappa shape index (κ3) is 14.3. The highest BCUT2D eigenvalue weighted by Gasteiger charge is 2.13. The van der Waals surface area contributed by atoms with Crippen molar-refractivity contribution < 1.29 is 20.4 Å². The monoisotopic (exact) mass is 210 g/mol. The molecule has 88 valence electrons. The maximum Gasteiger partial charge on any atom is 0.0631 e. The van der Waals surface area contributed by atoms with E-state index in [-0.39, 0.29) is 26.4 Å². The van der Waals surface area contributed by atoms with Crippen molar-refractivity contribution >= 4 is 0 Å². The SMILES string of the molecule is CC(N)(CO)CO.OCCNCCO. The number of aliphatic hydroxyl groups is 4. The van der Waals surface area contributed by atoms with E-state index in [2.05, 4.69) is 5.32 Å². The standard InChI is InChI=1S/2C4H11NO2/c1-4(5,2-6)3-7;6-3-1-5-2-4-7/h6-7H,2-3,5H2,1H3;5-7H,1-4H2. The van der Waals surface area contributed by atoms with Crippen LogP contribution in [0.4, 0.5) is 0 Å². The molecule has 6 heteroatoms. The van der Waals surface area contributed by atoms with Gasteiger partial charge in [-0.25, -0.2) is 0 Å². The zero-order valence-corrected chi connectivity index (χ0v) is 8.61. The largest absolute Gasteiger partial charge is 0.395 e. The van der Waals surface area contributed by atoms with Crippen molar-refractivity contribution in [3.8, 4) is 0 Å². The summed E-state index contributed by atoms with van der Waals surface area (Å²) in [7, 11) is 0. The topological polar surface area (TPSA) is 119 Å². The van der Waals surface area contributed by atoms with Gasteiger partial charge in [0, 0.05) is 13.1 Å². The summed E-state index contributed by atoms with van der Waals surface area (Å²) in [5.41, 5.74) is 4.41. The summed E-state index contributed by atoms with van der Waals surface area (Å²) in [6.45, 7) is 2.64. The lowest BCUT2D eigenvalue weighted by Crippen LogP contribution is -2.43. The molecule has 0 bridgehead atoms. The smallest absolute Gasteiger partial charge is 0.0631 e. The maximum atomic E-state index is 8.31. The average Bonchev–Trinajstić information content (AvgIpc) is 2.20. The summed E-state index contributed by atoms with van der Waals surface area (Å²) in [6.07, 6.45) is 0. The molecule has 0 rings (SSSR count). The first-order valence-electron chi connectivity index (χ1n) is 4.47. The van der Waals surface area contributed by atoms with Crippen LogP contribution in [0.2, 0.25) is 0 Å². The molecule has 0 aliphatic carbocycles. The first kappa shape index (κ1) is 16.2. The van der Waals surface area contributed by atoms with Crippen LogP contribution < -0.4 is 11.1 Å². The van der Waals surface area contributed by atoms with Gasteiger partial charge in [-0.3, -0.25) is 0 Å². The summed E-state index contributed by atoms with van der Waals surface area (Å²) in [5.74, 6) is 0. The number of nitrogens with one attached hydrogen (secondary N) is 1. The number of nitrogens with two attached hydrogens (primary N) is 1. The van der Waals surface area contributed by atoms with Crippen molar-refractivity contribution in [2.24, 2.45) is 5.73 Å². The molecule has 0 radical (unpaired) electrons. The number of hydrogen-bond donors (Lipinski definition) is 6. The Morgan fingerprint density at radius 1 is 1.00 bits per heavy atom. The van der Waals surface area contributed by atoms with E-state index in [1.807, 2.05) is 0 Å². The fourth-order valence-electron chi connectivity index (χ4n) is 0.333. The molecular formula is C8H22N2O4. The Morgan fingerprint density at radius 2 is 1.36 bits per heavy atom. The second-order valence-electron chi connectivity index (χ2n) is 3.17. The Hall–Kier alpha value is -0.240. The van der Waals surface area contributed by atoms with E-state index >= 15 is 0 Å². The second kappa shape index (κ2) is 10.8. The van der Waals surface area contributed by atoms with Crippen LogP contribution >= 0.6 is 0 Å². The van der Waals surface area contributed by atoms with Crippen LogP contribution in [-0.4, -0.2) is 65.5 Å². The van der Waals surface area contributed by atoms with Crippen LogP contribution in [-0.2, 0) is 0 Å². The molecule has 6 nitrogen and oxygen atoms in total. The van der Waals surface area contributed by atoms with E-state index in [0.29, 0.717) is 13.1 Å². The Bertz CT molecular complexity index is 102. The summed E-state index contributed by atoms with van der Waals surface area (Å²) >= 11 is 0. The van der Waals surface area contributed by atoms with Gasteiger partial charge in [0.15, 0.2) is 0 Å². The average molecular weight is 210 g/mol. The van der Waals surface area contributed by atoms with Crippen LogP contribution in [0.5, 0.6) is 0 Å². The Balaban J connectivity index is 0. The Labute approximate surface area is 84.4 Å². The Kier molecular flexibility index (Phi) is 12.5. The molecule has 0 saturated carbocycles. The van der Waals surface area contributed by atoms with Crippen molar-refractivity contribution in [3.63, 3.8) is 0 Å². The molecule has 0 heterocycles. The van der Waals surface area contributed by atoms with Crippen molar-refractivity contribution in [3.05, 3.63) is 0 Å². The zero-order valence-electron chi connectivity index (χ0n) is 8.61. The van der Waals surface area contributed by atoms with Crippen LogP contribution in [0.25, 0.3) is 0 Å². The predicted octanol–water partition coefficient (Wildman–Crippen LogP) is -2.75. The third-order valence-electron chi connectivity index (χ3n) is 1.30. The van der Waals surface area contributed by atoms with Crippen molar-refractivity contribution in [1.29, 1.82) is 0 Å². The van der Waals surface area contributed by atoms with E-state index in [9.17, 15) is 0 Å². The van der Waals surface area contributed by atoms with E-state index in [4.69, 9.17) is 26.2 Å². The molecule has 14 heavy (non-hydrogen) atoms. The van der Waals surface area contributed by atoms with Crippen molar-refractivity contribution in [2.45, 2.75) is 12.5 Å². The van der Waals surface area contributed by atoms with Crippen LogP contribution in [0, 0.1) is 0 Å². The minimum atomic E-state index is -0.806. The van der Waals surface area contributed by atoms with Gasteiger partial charge in [0.2, 0.25) is 0 Å². The summed E-state index contributed by atoms with van der Waals surface area (Å²) < 4.78 is 0. The van der Waals surface area contributed by atoms with E-state index < -0.39 is 5.54 Å². The van der Waals surface area contributed by atoms with Crippen molar-refractivity contribution in [2.75, 3.05) is 39.5 Å². The lowest BCUT2D eigenvalue weighted by atomic mass is 10.1. The summed E-state index contributed by atoms with van der Waals surface area (Å²) in [6, 6.07) is 0. The zero-order chi connectivity index (χ0) is 11.4. The number of hydrogen-bond acceptors (Lipinski definition) is 6. The molecule has 0 spiro atoms. The number of aliphatic hydroxyl groups excluding tert-OH is 4. The molecule has 0 aromatic carbocycles. The molecule has 0 aromatic rings. The normalized spacial score (nSPS) is 10.7. The second-order valence-corrected chi connectivity index (χ2v) is 3.17. The van der Waals surface area contributed by atoms with E-state index in [0.717, 1.165) is 0 Å². The van der Waals surface area contributed by atoms with E-state index in [1.54, 1.807) is 6.92 Å². The van der Waals surface area contributed by atoms with Crippen LogP contribution in [0.1, 0.15) is 6.92 Å². The van der Waals surface area contributed by atoms with Crippen LogP contribution in [0.15, 0.2) is 0 Å². The summed E-state index contributed by atoms with van der Waals surface area (Å²) in [5, 5.41) is 35.7. The van der Waals surface area contributed by atoms with Gasteiger partial charge in [-0.1, -0.05) is 0 Å². The molecule has 0 unspecified atom stereocenters. The summed E-state index contributed by atoms with van der Waals surface area (Å²) in [4.78, 5) is 0. The van der Waals surface area contributed by atoms with Gasteiger partial charge in [0.1, 0.15) is 0 Å². The van der Waals surface area contributed by atoms with Crippen LogP contribution in [0.3, 0.4) is 0 Å². The van der Waals surface area contributed by atoms with Gasteiger partial charge in [0.25, 0.3) is 0 Å². The number of rotatable bonds is 6. The molecular weight excluding hydrogens is 188 g/mol. The third-order valence-corrected chi connectivity index (χ3v) is 1.30. The molecule has 0 amide bonds. The first-order chi connectivity index (χ1) is 6.54. The fraction of sp³-hybridized carbons (Fsp3) is 1.00. The fourth-order valence-corrected chi connectivity index (χ4v) is 0.333. The van der Waals surface area contributed by atoms with Gasteiger partial charge in [-0.05, 0) is 6.92 Å². The lowest BCUT2D eigenvalue weighted by molar-refractivity contribution is 0.134. The lowest BCUT2D eigenvalue weighted by Gasteiger charge is -2.16. The quantitative estimate of drug-likeness (QED) is 0.264. The van der Waals surface area contributed by atoms with Gasteiger partial charge in [-0.2, -0.15) is 0 Å². The minimum absolute atomic E-state index is 0.139. The molecule has 0 atom stereocenters. The molecule has 0 aromatic heterocycles.